The maximum atomic E-state index is 11.7. The molecule has 142 valence electrons. The molecule has 1 atom stereocenters. The Morgan fingerprint density at radius 1 is 0.958 bits per heavy atom. The molecule has 8 nitrogen and oxygen atoms in total. The van der Waals surface area contributed by atoms with Crippen LogP contribution in [0.4, 0.5) is 9.59 Å². The molecule has 0 bridgehead atoms. The van der Waals surface area contributed by atoms with E-state index in [2.05, 4.69) is 0 Å². The number of carbonyl (C=O) groups excluding carboxylic acids is 2. The highest BCUT2D eigenvalue weighted by molar-refractivity contribution is 6.19. The van der Waals surface area contributed by atoms with Gasteiger partial charge in [0.25, 0.3) is 0 Å². The van der Waals surface area contributed by atoms with Crippen molar-refractivity contribution < 1.29 is 33.5 Å². The van der Waals surface area contributed by atoms with Gasteiger partial charge in [-0.1, -0.05) is 18.5 Å². The quantitative estimate of drug-likeness (QED) is 0.378. The first-order valence-corrected chi connectivity index (χ1v) is 8.11. The van der Waals surface area contributed by atoms with Crippen molar-refractivity contribution in [3.8, 4) is 0 Å². The Kier molecular flexibility index (Phi) is 9.39. The second kappa shape index (κ2) is 9.90. The minimum Gasteiger partial charge on any atom is -0.427 e. The number of nitrogens with zero attached hydrogens (tertiary/aromatic N) is 1. The molecule has 0 radical (unpaired) electrons. The summed E-state index contributed by atoms with van der Waals surface area (Å²) in [6, 6.07) is 0. The fourth-order valence-corrected chi connectivity index (χ4v) is 1.28. The second-order valence-corrected chi connectivity index (χ2v) is 7.34. The van der Waals surface area contributed by atoms with Crippen LogP contribution in [-0.2, 0) is 23.9 Å². The van der Waals surface area contributed by atoms with Crippen LogP contribution in [0.5, 0.6) is 0 Å². The van der Waals surface area contributed by atoms with Gasteiger partial charge in [-0.2, -0.15) is 0 Å². The molecule has 0 aliphatic rings. The summed E-state index contributed by atoms with van der Waals surface area (Å²) in [4.78, 5) is 33.1. The smallest absolute Gasteiger partial charge is 0.427 e. The third kappa shape index (κ3) is 13.2. The summed E-state index contributed by atoms with van der Waals surface area (Å²) in [5.41, 5.74) is -2.00. The molecule has 0 saturated carbocycles. The number of hydroxylamine groups is 2. The van der Waals surface area contributed by atoms with Crippen molar-refractivity contribution in [3.63, 3.8) is 0 Å². The summed E-state index contributed by atoms with van der Waals surface area (Å²) in [7, 11) is 0. The molecular formula is C15H28ClNO7. The number of hydrogen-bond acceptors (Lipinski definition) is 8. The van der Waals surface area contributed by atoms with Gasteiger partial charge in [-0.15, -0.1) is 0 Å². The van der Waals surface area contributed by atoms with E-state index in [4.69, 9.17) is 35.5 Å². The first kappa shape index (κ1) is 22.8. The molecule has 0 aromatic heterocycles. The van der Waals surface area contributed by atoms with Gasteiger partial charge < -0.3 is 14.2 Å². The first-order valence-electron chi connectivity index (χ1n) is 7.67. The molecule has 0 aliphatic carbocycles. The summed E-state index contributed by atoms with van der Waals surface area (Å²) >= 11 is 5.83. The minimum atomic E-state index is -1.02. The molecule has 0 aromatic rings. The van der Waals surface area contributed by atoms with Gasteiger partial charge in [-0.25, -0.2) is 9.59 Å². The largest absolute Gasteiger partial charge is 0.531 e. The molecule has 0 fully saturated rings. The molecule has 0 spiro atoms. The third-order valence-electron chi connectivity index (χ3n) is 2.03. The third-order valence-corrected chi connectivity index (χ3v) is 2.46. The van der Waals surface area contributed by atoms with Crippen LogP contribution >= 0.6 is 11.6 Å². The van der Waals surface area contributed by atoms with E-state index in [1.807, 2.05) is 6.92 Å². The molecule has 0 aliphatic heterocycles. The molecule has 1 unspecified atom stereocenters. The Bertz CT molecular complexity index is 374. The van der Waals surface area contributed by atoms with E-state index in [0.29, 0.717) is 11.6 Å². The average Bonchev–Trinajstić information content (AvgIpc) is 2.33. The monoisotopic (exact) mass is 369 g/mol. The zero-order valence-corrected chi connectivity index (χ0v) is 16.1. The number of halogens is 1. The van der Waals surface area contributed by atoms with Crippen molar-refractivity contribution in [1.82, 2.24) is 5.23 Å². The lowest BCUT2D eigenvalue weighted by molar-refractivity contribution is -0.322. The van der Waals surface area contributed by atoms with E-state index in [9.17, 15) is 9.59 Å². The van der Waals surface area contributed by atoms with E-state index >= 15 is 0 Å². The lowest BCUT2D eigenvalue weighted by atomic mass is 10.2. The van der Waals surface area contributed by atoms with E-state index < -0.39 is 29.1 Å². The van der Waals surface area contributed by atoms with Crippen LogP contribution in [0, 0.1) is 0 Å². The predicted octanol–water partition coefficient (Wildman–Crippen LogP) is 4.01. The maximum Gasteiger partial charge on any atom is 0.531 e. The van der Waals surface area contributed by atoms with E-state index in [1.165, 1.54) is 0 Å². The standard InChI is InChI=1S/C15H28ClNO7/c1-8-11(16)20-10-9-17(23-12(18)21-14(2,3)4)24-13(19)22-15(5,6)7/h11H,8-10H2,1-7H3. The molecule has 0 heterocycles. The van der Waals surface area contributed by atoms with Crippen molar-refractivity contribution in [2.45, 2.75) is 71.7 Å². The van der Waals surface area contributed by atoms with Crippen molar-refractivity contribution in [1.29, 1.82) is 0 Å². The average molecular weight is 370 g/mol. The van der Waals surface area contributed by atoms with E-state index in [-0.39, 0.29) is 13.2 Å². The van der Waals surface area contributed by atoms with Gasteiger partial charge >= 0.3 is 12.3 Å². The van der Waals surface area contributed by atoms with Gasteiger partial charge in [0.05, 0.1) is 13.2 Å². The lowest BCUT2D eigenvalue weighted by Crippen LogP contribution is -2.37. The van der Waals surface area contributed by atoms with Crippen molar-refractivity contribution in [2.75, 3.05) is 13.2 Å². The van der Waals surface area contributed by atoms with Crippen molar-refractivity contribution >= 4 is 23.9 Å². The molecule has 0 N–H and O–H groups in total. The van der Waals surface area contributed by atoms with Gasteiger partial charge in [0.1, 0.15) is 16.8 Å². The van der Waals surface area contributed by atoms with Crippen LogP contribution in [0.3, 0.4) is 0 Å². The Morgan fingerprint density at radius 3 is 1.71 bits per heavy atom. The molecule has 0 amide bonds. The second-order valence-electron chi connectivity index (χ2n) is 6.86. The molecule has 0 saturated heterocycles. The van der Waals surface area contributed by atoms with Crippen molar-refractivity contribution in [2.24, 2.45) is 0 Å². The van der Waals surface area contributed by atoms with Crippen LogP contribution in [0.1, 0.15) is 54.9 Å². The summed E-state index contributed by atoms with van der Waals surface area (Å²) in [5.74, 6) is 0. The Balaban J connectivity index is 4.64. The highest BCUT2D eigenvalue weighted by Crippen LogP contribution is 2.12. The SMILES string of the molecule is CCC(Cl)OCCN(OC(=O)OC(C)(C)C)OC(=O)OC(C)(C)C. The highest BCUT2D eigenvalue weighted by Gasteiger charge is 2.26. The first-order chi connectivity index (χ1) is 10.8. The molecule has 24 heavy (non-hydrogen) atoms. The summed E-state index contributed by atoms with van der Waals surface area (Å²) in [6.07, 6.45) is -1.45. The number of alkyl halides is 1. The van der Waals surface area contributed by atoms with Gasteiger partial charge in [0.2, 0.25) is 0 Å². The van der Waals surface area contributed by atoms with Gasteiger partial charge in [0, 0.05) is 5.23 Å². The van der Waals surface area contributed by atoms with Crippen LogP contribution in [0.25, 0.3) is 0 Å². The number of ether oxygens (including phenoxy) is 3. The van der Waals surface area contributed by atoms with E-state index in [1.54, 1.807) is 41.5 Å². The normalized spacial score (nSPS) is 13.4. The summed E-state index contributed by atoms with van der Waals surface area (Å²) < 4.78 is 15.2. The minimum absolute atomic E-state index is 0.0631. The zero-order valence-electron chi connectivity index (χ0n) is 15.4. The molecular weight excluding hydrogens is 342 g/mol. The number of rotatable bonds is 7. The lowest BCUT2D eigenvalue weighted by Gasteiger charge is -2.24. The Hall–Kier alpha value is -1.25. The molecule has 0 rings (SSSR count). The van der Waals surface area contributed by atoms with Gasteiger partial charge in [-0.05, 0) is 48.0 Å². The van der Waals surface area contributed by atoms with Crippen molar-refractivity contribution in [3.05, 3.63) is 0 Å². The topological polar surface area (TPSA) is 83.5 Å². The van der Waals surface area contributed by atoms with E-state index in [0.717, 1.165) is 0 Å². The molecule has 9 heteroatoms. The summed E-state index contributed by atoms with van der Waals surface area (Å²) in [5, 5.41) is 0.640. The maximum absolute atomic E-state index is 11.7. The Morgan fingerprint density at radius 2 is 1.38 bits per heavy atom. The number of carbonyl (C=O) groups is 2. The zero-order chi connectivity index (χ0) is 19.0. The Labute approximate surface area is 148 Å². The fraction of sp³-hybridized carbons (Fsp3) is 0.867. The van der Waals surface area contributed by atoms with Crippen LogP contribution in [0.2, 0.25) is 0 Å². The van der Waals surface area contributed by atoms with Crippen LogP contribution < -0.4 is 0 Å². The van der Waals surface area contributed by atoms with Gasteiger partial charge in [0.15, 0.2) is 0 Å². The highest BCUT2D eigenvalue weighted by atomic mass is 35.5. The van der Waals surface area contributed by atoms with Gasteiger partial charge in [-0.3, -0.25) is 9.68 Å². The molecule has 0 aromatic carbocycles. The fourth-order valence-electron chi connectivity index (χ4n) is 1.19. The van der Waals surface area contributed by atoms with Crippen LogP contribution in [0.15, 0.2) is 0 Å². The summed E-state index contributed by atoms with van der Waals surface area (Å²) in [6.45, 7) is 11.9. The predicted molar refractivity (Wildman–Crippen MR) is 87.2 cm³/mol. The van der Waals surface area contributed by atoms with Crippen LogP contribution in [-0.4, -0.2) is 47.5 Å². The number of hydrogen-bond donors (Lipinski definition) is 0.